The lowest BCUT2D eigenvalue weighted by atomic mass is 10.0. The van der Waals surface area contributed by atoms with Crippen molar-refractivity contribution in [3.05, 3.63) is 46.2 Å². The first kappa shape index (κ1) is 19.9. The van der Waals surface area contributed by atoms with Gasteiger partial charge >= 0.3 is 0 Å². The number of carbonyl (C=O) groups is 1. The van der Waals surface area contributed by atoms with Crippen LogP contribution in [0.15, 0.2) is 24.3 Å². The third kappa shape index (κ3) is 4.19. The predicted octanol–water partition coefficient (Wildman–Crippen LogP) is 3.82. The highest BCUT2D eigenvalue weighted by Crippen LogP contribution is 2.27. The number of nitrogens with zero attached hydrogens (tertiary/aromatic N) is 4. The van der Waals surface area contributed by atoms with E-state index in [-0.39, 0.29) is 5.91 Å². The molecule has 1 saturated heterocycles. The summed E-state index contributed by atoms with van der Waals surface area (Å²) in [6, 6.07) is 7.71. The van der Waals surface area contributed by atoms with Crippen LogP contribution in [0, 0.1) is 0 Å². The van der Waals surface area contributed by atoms with Gasteiger partial charge in [-0.15, -0.1) is 0 Å². The second kappa shape index (κ2) is 8.89. The van der Waals surface area contributed by atoms with Gasteiger partial charge in [0.1, 0.15) is 0 Å². The van der Waals surface area contributed by atoms with Crippen molar-refractivity contribution in [3.8, 4) is 5.69 Å². The van der Waals surface area contributed by atoms with Crippen LogP contribution in [0.25, 0.3) is 5.69 Å². The van der Waals surface area contributed by atoms with Gasteiger partial charge in [0.05, 0.1) is 27.7 Å². The Labute approximate surface area is 166 Å². The van der Waals surface area contributed by atoms with Gasteiger partial charge in [-0.1, -0.05) is 50.4 Å². The summed E-state index contributed by atoms with van der Waals surface area (Å²) in [6.07, 6.45) is 3.50. The number of para-hydroxylation sites is 1. The molecule has 2 aromatic rings. The maximum absolute atomic E-state index is 13.4. The van der Waals surface area contributed by atoms with Gasteiger partial charge in [0.25, 0.3) is 5.91 Å². The van der Waals surface area contributed by atoms with E-state index in [1.165, 1.54) is 0 Å². The lowest BCUT2D eigenvalue weighted by Crippen LogP contribution is -2.47. The minimum atomic E-state index is 0.119. The van der Waals surface area contributed by atoms with Crippen LogP contribution in [-0.2, 0) is 12.8 Å². The fourth-order valence-corrected chi connectivity index (χ4v) is 3.84. The van der Waals surface area contributed by atoms with Crippen molar-refractivity contribution in [1.29, 1.82) is 0 Å². The summed E-state index contributed by atoms with van der Waals surface area (Å²) in [4.78, 5) is 17.7. The maximum atomic E-state index is 13.4. The second-order valence-corrected chi connectivity index (χ2v) is 7.63. The molecule has 3 rings (SSSR count). The minimum Gasteiger partial charge on any atom is -0.336 e. The summed E-state index contributed by atoms with van der Waals surface area (Å²) in [7, 11) is 2.10. The van der Waals surface area contributed by atoms with E-state index in [0.29, 0.717) is 5.02 Å². The molecular weight excluding hydrogens is 360 g/mol. The number of likely N-dealkylation sites (N-methyl/N-ethyl adjacent to an activating group) is 1. The molecule has 1 fully saturated rings. The molecule has 0 unspecified atom stereocenters. The van der Waals surface area contributed by atoms with Crippen molar-refractivity contribution < 1.29 is 4.79 Å². The van der Waals surface area contributed by atoms with Gasteiger partial charge < -0.3 is 9.80 Å². The molecule has 0 spiro atoms. The Balaban J connectivity index is 2.08. The minimum absolute atomic E-state index is 0.119. The van der Waals surface area contributed by atoms with Crippen LogP contribution in [0.4, 0.5) is 0 Å². The number of amides is 1. The van der Waals surface area contributed by atoms with Crippen LogP contribution in [0.2, 0.25) is 5.02 Å². The molecule has 27 heavy (non-hydrogen) atoms. The van der Waals surface area contributed by atoms with Crippen LogP contribution in [0.1, 0.15) is 48.4 Å². The van der Waals surface area contributed by atoms with E-state index in [9.17, 15) is 4.79 Å². The van der Waals surface area contributed by atoms with E-state index in [1.54, 1.807) is 0 Å². The number of halogens is 1. The highest BCUT2D eigenvalue weighted by Gasteiger charge is 2.29. The number of hydrogen-bond donors (Lipinski definition) is 0. The van der Waals surface area contributed by atoms with Gasteiger partial charge in [-0.2, -0.15) is 5.10 Å². The third-order valence-electron chi connectivity index (χ3n) is 5.11. The fraction of sp³-hybridized carbons (Fsp3) is 0.524. The molecule has 0 bridgehead atoms. The molecule has 1 aliphatic rings. The zero-order valence-corrected chi connectivity index (χ0v) is 17.3. The largest absolute Gasteiger partial charge is 0.336 e. The van der Waals surface area contributed by atoms with Gasteiger partial charge in [0, 0.05) is 26.2 Å². The molecule has 1 aromatic carbocycles. The Bertz CT molecular complexity index is 793. The summed E-state index contributed by atoms with van der Waals surface area (Å²) in [5.41, 5.74) is 3.52. The molecule has 0 N–H and O–H groups in total. The summed E-state index contributed by atoms with van der Waals surface area (Å²) in [5.74, 6) is 0.119. The molecule has 6 heteroatoms. The Morgan fingerprint density at radius 1 is 1.07 bits per heavy atom. The standard InChI is InChI=1S/C21H29ClN4O/c1-4-8-17-20(21(27)25-14-12-24(3)13-15-25)19(9-5-2)26(23-17)18-11-7-6-10-16(18)22/h6-7,10-11H,4-5,8-9,12-15H2,1-3H3. The fourth-order valence-electron chi connectivity index (χ4n) is 3.62. The SMILES string of the molecule is CCCc1nn(-c2ccccc2Cl)c(CCC)c1C(=O)N1CCN(C)CC1. The molecule has 1 aromatic heterocycles. The van der Waals surface area contributed by atoms with Crippen molar-refractivity contribution in [1.82, 2.24) is 19.6 Å². The average Bonchev–Trinajstić information content (AvgIpc) is 3.01. The molecular formula is C21H29ClN4O. The normalized spacial score (nSPS) is 15.3. The van der Waals surface area contributed by atoms with Crippen molar-refractivity contribution in [2.45, 2.75) is 39.5 Å². The molecule has 5 nitrogen and oxygen atoms in total. The molecule has 146 valence electrons. The number of rotatable bonds is 6. The predicted molar refractivity (Wildman–Crippen MR) is 110 cm³/mol. The van der Waals surface area contributed by atoms with Crippen molar-refractivity contribution in [3.63, 3.8) is 0 Å². The zero-order valence-electron chi connectivity index (χ0n) is 16.5. The van der Waals surface area contributed by atoms with E-state index in [0.717, 1.165) is 74.5 Å². The number of carbonyl (C=O) groups excluding carboxylic acids is 1. The van der Waals surface area contributed by atoms with Crippen LogP contribution >= 0.6 is 11.6 Å². The first-order valence-electron chi connectivity index (χ1n) is 9.90. The van der Waals surface area contributed by atoms with Crippen molar-refractivity contribution >= 4 is 17.5 Å². The highest BCUT2D eigenvalue weighted by atomic mass is 35.5. The third-order valence-corrected chi connectivity index (χ3v) is 5.43. The number of aryl methyl sites for hydroxylation is 1. The molecule has 1 amide bonds. The summed E-state index contributed by atoms with van der Waals surface area (Å²) < 4.78 is 1.90. The van der Waals surface area contributed by atoms with Crippen LogP contribution in [-0.4, -0.2) is 58.7 Å². The first-order chi connectivity index (χ1) is 13.1. The van der Waals surface area contributed by atoms with E-state index in [2.05, 4.69) is 25.8 Å². The lowest BCUT2D eigenvalue weighted by molar-refractivity contribution is 0.0662. The molecule has 0 saturated carbocycles. The average molecular weight is 389 g/mol. The first-order valence-corrected chi connectivity index (χ1v) is 10.3. The zero-order chi connectivity index (χ0) is 19.4. The topological polar surface area (TPSA) is 41.4 Å². The van der Waals surface area contributed by atoms with Crippen molar-refractivity contribution in [2.24, 2.45) is 0 Å². The van der Waals surface area contributed by atoms with Gasteiger partial charge in [-0.05, 0) is 32.0 Å². The van der Waals surface area contributed by atoms with Crippen LogP contribution in [0.3, 0.4) is 0 Å². The van der Waals surface area contributed by atoms with E-state index >= 15 is 0 Å². The van der Waals surface area contributed by atoms with E-state index in [4.69, 9.17) is 16.7 Å². The highest BCUT2D eigenvalue weighted by molar-refractivity contribution is 6.32. The van der Waals surface area contributed by atoms with Crippen molar-refractivity contribution in [2.75, 3.05) is 33.2 Å². The van der Waals surface area contributed by atoms with Crippen LogP contribution < -0.4 is 0 Å². The van der Waals surface area contributed by atoms with Gasteiger partial charge in [0.15, 0.2) is 0 Å². The number of piperazine rings is 1. The Morgan fingerprint density at radius 2 is 1.74 bits per heavy atom. The van der Waals surface area contributed by atoms with E-state index in [1.807, 2.05) is 33.8 Å². The van der Waals surface area contributed by atoms with E-state index < -0.39 is 0 Å². The molecule has 2 heterocycles. The summed E-state index contributed by atoms with van der Waals surface area (Å²) >= 11 is 6.45. The Kier molecular flexibility index (Phi) is 6.55. The van der Waals surface area contributed by atoms with Gasteiger partial charge in [0.2, 0.25) is 0 Å². The number of aromatic nitrogens is 2. The quantitative estimate of drug-likeness (QED) is 0.755. The Morgan fingerprint density at radius 3 is 2.37 bits per heavy atom. The summed E-state index contributed by atoms with van der Waals surface area (Å²) in [5, 5.41) is 5.51. The smallest absolute Gasteiger partial charge is 0.257 e. The van der Waals surface area contributed by atoms with Gasteiger partial charge in [-0.25, -0.2) is 4.68 Å². The second-order valence-electron chi connectivity index (χ2n) is 7.23. The summed E-state index contributed by atoms with van der Waals surface area (Å²) in [6.45, 7) is 7.62. The molecule has 1 aliphatic heterocycles. The van der Waals surface area contributed by atoms with Gasteiger partial charge in [-0.3, -0.25) is 4.79 Å². The molecule has 0 radical (unpaired) electrons. The number of benzene rings is 1. The lowest BCUT2D eigenvalue weighted by Gasteiger charge is -2.32. The maximum Gasteiger partial charge on any atom is 0.257 e. The number of hydrogen-bond acceptors (Lipinski definition) is 3. The molecule has 0 atom stereocenters. The molecule has 0 aliphatic carbocycles. The van der Waals surface area contributed by atoms with Crippen LogP contribution in [0.5, 0.6) is 0 Å². The monoisotopic (exact) mass is 388 g/mol. The Hall–Kier alpha value is -1.85.